The van der Waals surface area contributed by atoms with Crippen LogP contribution in [-0.2, 0) is 0 Å². The molecule has 8 heteroatoms. The van der Waals surface area contributed by atoms with E-state index in [1.54, 1.807) is 29.6 Å². The van der Waals surface area contributed by atoms with E-state index in [0.29, 0.717) is 34.6 Å². The summed E-state index contributed by atoms with van der Waals surface area (Å²) in [6, 6.07) is 7.00. The van der Waals surface area contributed by atoms with E-state index in [1.807, 2.05) is 38.3 Å². The largest absolute Gasteiger partial charge is 0.457 e. The summed E-state index contributed by atoms with van der Waals surface area (Å²) in [4.78, 5) is 12.4. The molecule has 0 saturated carbocycles. The van der Waals surface area contributed by atoms with Gasteiger partial charge in [0.05, 0.1) is 11.4 Å². The fraction of sp³-hybridized carbons (Fsp3) is 0.462. The van der Waals surface area contributed by atoms with Crippen LogP contribution in [0.3, 0.4) is 0 Å². The number of unbranched alkanes of at least 4 members (excludes halogenated alkanes) is 3. The SMILES string of the molecule is C/C=N\N1C=CC(Oc2ccc(NC(=N/C=C/CCC)c3nc(N(CCCCC)CC(C)CC)c(C)cc3C)c(F)c2)=C/C1=C\CC. The molecule has 1 aliphatic rings. The van der Waals surface area contributed by atoms with E-state index >= 15 is 4.39 Å². The molecular weight excluding hydrogens is 587 g/mol. The molecule has 0 amide bonds. The lowest BCUT2D eigenvalue weighted by Gasteiger charge is -2.29. The van der Waals surface area contributed by atoms with Crippen LogP contribution in [0.15, 0.2) is 82.5 Å². The second-order valence-corrected chi connectivity index (χ2v) is 12.1. The molecule has 1 unspecified atom stereocenters. The van der Waals surface area contributed by atoms with Gasteiger partial charge in [-0.05, 0) is 75.3 Å². The average molecular weight is 643 g/mol. The van der Waals surface area contributed by atoms with Crippen LogP contribution < -0.4 is 15.0 Å². The summed E-state index contributed by atoms with van der Waals surface area (Å²) in [7, 11) is 0. The fourth-order valence-corrected chi connectivity index (χ4v) is 5.23. The Morgan fingerprint density at radius 2 is 1.91 bits per heavy atom. The van der Waals surface area contributed by atoms with Crippen molar-refractivity contribution in [1.29, 1.82) is 0 Å². The number of benzene rings is 1. The van der Waals surface area contributed by atoms with Gasteiger partial charge in [-0.15, -0.1) is 0 Å². The van der Waals surface area contributed by atoms with Crippen molar-refractivity contribution < 1.29 is 9.13 Å². The molecule has 2 heterocycles. The van der Waals surface area contributed by atoms with Crippen molar-refractivity contribution in [2.75, 3.05) is 23.3 Å². The van der Waals surface area contributed by atoms with Gasteiger partial charge in [-0.1, -0.05) is 78.5 Å². The van der Waals surface area contributed by atoms with E-state index < -0.39 is 5.82 Å². The maximum absolute atomic E-state index is 15.7. The van der Waals surface area contributed by atoms with Crippen molar-refractivity contribution in [2.45, 2.75) is 100 Å². The molecule has 254 valence electrons. The first kappa shape index (κ1) is 37.3. The molecule has 0 bridgehead atoms. The molecule has 1 aromatic heterocycles. The minimum atomic E-state index is -0.447. The molecule has 0 radical (unpaired) electrons. The lowest BCUT2D eigenvalue weighted by Crippen LogP contribution is -2.32. The predicted octanol–water partition coefficient (Wildman–Crippen LogP) is 10.4. The van der Waals surface area contributed by atoms with E-state index in [4.69, 9.17) is 14.7 Å². The van der Waals surface area contributed by atoms with Gasteiger partial charge in [0.15, 0.2) is 5.84 Å². The number of hydrogen-bond acceptors (Lipinski definition) is 6. The van der Waals surface area contributed by atoms with Crippen molar-refractivity contribution >= 4 is 23.6 Å². The van der Waals surface area contributed by atoms with E-state index in [2.05, 4.69) is 69.0 Å². The highest BCUT2D eigenvalue weighted by molar-refractivity contribution is 6.08. The number of anilines is 2. The molecule has 1 aromatic carbocycles. The number of ether oxygens (including phenoxy) is 1. The van der Waals surface area contributed by atoms with Crippen molar-refractivity contribution in [3.05, 3.63) is 95.1 Å². The number of aryl methyl sites for hydroxylation is 2. The topological polar surface area (TPSA) is 65.3 Å². The Hall–Kier alpha value is -4.20. The number of rotatable bonds is 17. The zero-order valence-electron chi connectivity index (χ0n) is 29.8. The number of halogens is 1. The number of hydrazone groups is 1. The molecule has 1 aliphatic heterocycles. The second-order valence-electron chi connectivity index (χ2n) is 12.1. The number of pyridine rings is 1. The van der Waals surface area contributed by atoms with Crippen LogP contribution in [0.4, 0.5) is 15.9 Å². The maximum Gasteiger partial charge on any atom is 0.156 e. The zero-order valence-corrected chi connectivity index (χ0v) is 29.8. The van der Waals surface area contributed by atoms with Gasteiger partial charge in [0.25, 0.3) is 0 Å². The maximum atomic E-state index is 15.7. The van der Waals surface area contributed by atoms with Gasteiger partial charge in [-0.25, -0.2) is 19.4 Å². The lowest BCUT2D eigenvalue weighted by molar-refractivity contribution is 0.420. The molecule has 47 heavy (non-hydrogen) atoms. The standard InChI is InChI=1S/C39H55FN6O/c1-9-14-16-22-41-38(37-30(7)25-31(8)39(44-37)45(23-17-15-10-2)28-29(6)12-4)43-36-20-19-33(27-35(36)40)47-34-21-24-46(42-13-5)32(26-34)18-11-3/h13,16,18-22,24-27,29H,9-12,14-15,17,23,28H2,1-8H3,(H,41,43)/b22-16+,32-18+,42-13-. The second kappa shape index (κ2) is 19.5. The number of hydrogen-bond donors (Lipinski definition) is 1. The van der Waals surface area contributed by atoms with Crippen molar-refractivity contribution in [2.24, 2.45) is 16.0 Å². The molecule has 0 fully saturated rings. The molecule has 1 atom stereocenters. The van der Waals surface area contributed by atoms with E-state index in [9.17, 15) is 0 Å². The average Bonchev–Trinajstić information content (AvgIpc) is 3.05. The normalized spacial score (nSPS) is 15.2. The Kier molecular flexibility index (Phi) is 15.4. The highest BCUT2D eigenvalue weighted by atomic mass is 19.1. The van der Waals surface area contributed by atoms with Gasteiger partial charge in [0.2, 0.25) is 0 Å². The minimum absolute atomic E-state index is 0.297. The summed E-state index contributed by atoms with van der Waals surface area (Å²) in [6.07, 6.45) is 20.5. The van der Waals surface area contributed by atoms with E-state index in [0.717, 1.165) is 67.8 Å². The van der Waals surface area contributed by atoms with Gasteiger partial charge in [0, 0.05) is 43.8 Å². The summed E-state index contributed by atoms with van der Waals surface area (Å²) >= 11 is 0. The van der Waals surface area contributed by atoms with Gasteiger partial charge >= 0.3 is 0 Å². The molecule has 0 spiro atoms. The summed E-state index contributed by atoms with van der Waals surface area (Å²) in [5.41, 5.74) is 4.01. The number of nitrogens with one attached hydrogen (secondary N) is 1. The number of aliphatic imine (C=N–C) groups is 1. The Morgan fingerprint density at radius 3 is 2.60 bits per heavy atom. The van der Waals surface area contributed by atoms with Gasteiger partial charge in [-0.2, -0.15) is 5.10 Å². The molecule has 0 aliphatic carbocycles. The van der Waals surface area contributed by atoms with Crippen LogP contribution >= 0.6 is 0 Å². The third kappa shape index (κ3) is 11.2. The van der Waals surface area contributed by atoms with Crippen LogP contribution in [0.5, 0.6) is 5.75 Å². The van der Waals surface area contributed by atoms with Crippen LogP contribution in [0.1, 0.15) is 103 Å². The third-order valence-corrected chi connectivity index (χ3v) is 7.94. The fourth-order valence-electron chi connectivity index (χ4n) is 5.23. The summed E-state index contributed by atoms with van der Waals surface area (Å²) < 4.78 is 21.7. The van der Waals surface area contributed by atoms with Crippen LogP contribution in [0.2, 0.25) is 0 Å². The first-order valence-electron chi connectivity index (χ1n) is 17.3. The van der Waals surface area contributed by atoms with Crippen molar-refractivity contribution in [1.82, 2.24) is 9.99 Å². The molecule has 7 nitrogen and oxygen atoms in total. The first-order chi connectivity index (χ1) is 22.7. The summed E-state index contributed by atoms with van der Waals surface area (Å²) in [6.45, 7) is 18.9. The highest BCUT2D eigenvalue weighted by Gasteiger charge is 2.20. The smallest absolute Gasteiger partial charge is 0.156 e. The molecular formula is C39H55FN6O. The molecule has 3 rings (SSSR count). The predicted molar refractivity (Wildman–Crippen MR) is 198 cm³/mol. The van der Waals surface area contributed by atoms with Crippen LogP contribution in [0, 0.1) is 25.6 Å². The highest BCUT2D eigenvalue weighted by Crippen LogP contribution is 2.28. The number of nitrogens with zero attached hydrogens (tertiary/aromatic N) is 5. The quantitative estimate of drug-likeness (QED) is 0.106. The van der Waals surface area contributed by atoms with Gasteiger partial charge < -0.3 is 15.0 Å². The van der Waals surface area contributed by atoms with Crippen LogP contribution in [-0.4, -0.2) is 35.1 Å². The molecule has 1 N–H and O–H groups in total. The molecule has 2 aromatic rings. The van der Waals surface area contributed by atoms with E-state index in [-0.39, 0.29) is 0 Å². The summed E-state index contributed by atoms with van der Waals surface area (Å²) in [5, 5.41) is 9.41. The first-order valence-corrected chi connectivity index (χ1v) is 17.3. The zero-order chi connectivity index (χ0) is 34.2. The minimum Gasteiger partial charge on any atom is -0.457 e. The van der Waals surface area contributed by atoms with Gasteiger partial charge in [0.1, 0.15) is 28.8 Å². The third-order valence-electron chi connectivity index (χ3n) is 7.94. The lowest BCUT2D eigenvalue weighted by atomic mass is 10.1. The monoisotopic (exact) mass is 642 g/mol. The van der Waals surface area contributed by atoms with Crippen molar-refractivity contribution in [3.8, 4) is 5.75 Å². The number of aromatic nitrogens is 1. The Balaban J connectivity index is 1.95. The summed E-state index contributed by atoms with van der Waals surface area (Å²) in [5.74, 6) is 2.56. The number of allylic oxidation sites excluding steroid dienone is 4. The Morgan fingerprint density at radius 1 is 1.11 bits per heavy atom. The van der Waals surface area contributed by atoms with Crippen molar-refractivity contribution in [3.63, 3.8) is 0 Å². The van der Waals surface area contributed by atoms with E-state index in [1.165, 1.54) is 18.9 Å². The number of amidine groups is 1. The van der Waals surface area contributed by atoms with Gasteiger partial charge in [-0.3, -0.25) is 0 Å². The molecule has 0 saturated heterocycles. The Labute approximate surface area is 282 Å². The van der Waals surface area contributed by atoms with Crippen LogP contribution in [0.25, 0.3) is 0 Å². The Bertz CT molecular complexity index is 1490.